The van der Waals surface area contributed by atoms with Crippen LogP contribution in [0.5, 0.6) is 0 Å². The molecule has 0 spiro atoms. The maximum absolute atomic E-state index is 11.1. The molecule has 0 N–H and O–H groups in total. The summed E-state index contributed by atoms with van der Waals surface area (Å²) in [7, 11) is 1.35. The summed E-state index contributed by atoms with van der Waals surface area (Å²) in [5.41, 5.74) is 2.37. The summed E-state index contributed by atoms with van der Waals surface area (Å²) in [6, 6.07) is 13.7. The molecule has 3 nitrogen and oxygen atoms in total. The third-order valence-corrected chi connectivity index (χ3v) is 3.09. The number of methoxy groups -OCH3 is 1. The minimum atomic E-state index is -0.339. The molecule has 0 aliphatic heterocycles. The quantitative estimate of drug-likeness (QED) is 0.499. The summed E-state index contributed by atoms with van der Waals surface area (Å²) in [6.07, 6.45) is 0.0765. The van der Waals surface area contributed by atoms with E-state index in [2.05, 4.69) is 16.6 Å². The van der Waals surface area contributed by atoms with E-state index in [0.717, 1.165) is 27.5 Å². The molecule has 0 atom stereocenters. The van der Waals surface area contributed by atoms with Crippen LogP contribution in [0.25, 0.3) is 21.9 Å². The number of hydrogen-bond donors (Lipinski definition) is 0. The summed E-state index contributed by atoms with van der Waals surface area (Å²) >= 11 is 0. The predicted octanol–water partition coefficient (Wildman–Crippen LogP) is 3.50. The molecule has 1 heterocycles. The first-order chi connectivity index (χ1) is 9.79. The van der Waals surface area contributed by atoms with Crippen molar-refractivity contribution in [3.8, 4) is 11.8 Å². The van der Waals surface area contributed by atoms with Crippen molar-refractivity contribution >= 4 is 27.9 Å². The van der Waals surface area contributed by atoms with Gasteiger partial charge in [0, 0.05) is 10.8 Å². The Labute approximate surface area is 116 Å². The molecular formula is C17H12O3. The first kappa shape index (κ1) is 12.3. The summed E-state index contributed by atoms with van der Waals surface area (Å²) in [5, 5.41) is 2.10. The van der Waals surface area contributed by atoms with E-state index in [1.165, 1.54) is 7.11 Å². The molecule has 3 heteroatoms. The van der Waals surface area contributed by atoms with Crippen molar-refractivity contribution in [1.82, 2.24) is 0 Å². The number of rotatable bonds is 1. The van der Waals surface area contributed by atoms with E-state index in [9.17, 15) is 4.79 Å². The number of para-hydroxylation sites is 2. The van der Waals surface area contributed by atoms with Gasteiger partial charge in [-0.05, 0) is 12.1 Å². The highest BCUT2D eigenvalue weighted by Gasteiger charge is 2.08. The van der Waals surface area contributed by atoms with Crippen LogP contribution in [0, 0.1) is 11.8 Å². The molecule has 0 amide bonds. The highest BCUT2D eigenvalue weighted by Crippen LogP contribution is 2.30. The van der Waals surface area contributed by atoms with Gasteiger partial charge in [0.05, 0.1) is 12.7 Å². The van der Waals surface area contributed by atoms with Crippen LogP contribution in [0.2, 0.25) is 0 Å². The fourth-order valence-corrected chi connectivity index (χ4v) is 2.13. The average molecular weight is 264 g/mol. The van der Waals surface area contributed by atoms with Gasteiger partial charge < -0.3 is 9.15 Å². The maximum atomic E-state index is 11.1. The SMILES string of the molecule is COC(=O)CC#Cc1cccc2c1oc1ccccc12. The number of carbonyl (C=O) groups is 1. The van der Waals surface area contributed by atoms with Crippen LogP contribution in [0.4, 0.5) is 0 Å². The van der Waals surface area contributed by atoms with Gasteiger partial charge in [0.2, 0.25) is 0 Å². The van der Waals surface area contributed by atoms with Gasteiger partial charge >= 0.3 is 5.97 Å². The fraction of sp³-hybridized carbons (Fsp3) is 0.118. The monoisotopic (exact) mass is 264 g/mol. The second kappa shape index (κ2) is 5.10. The zero-order valence-corrected chi connectivity index (χ0v) is 11.0. The van der Waals surface area contributed by atoms with E-state index < -0.39 is 0 Å². The summed E-state index contributed by atoms with van der Waals surface area (Å²) < 4.78 is 10.4. The lowest BCUT2D eigenvalue weighted by atomic mass is 10.1. The smallest absolute Gasteiger partial charge is 0.317 e. The van der Waals surface area contributed by atoms with Crippen molar-refractivity contribution in [2.45, 2.75) is 6.42 Å². The summed E-state index contributed by atoms with van der Waals surface area (Å²) in [4.78, 5) is 11.1. The van der Waals surface area contributed by atoms with Crippen molar-refractivity contribution in [3.63, 3.8) is 0 Å². The van der Waals surface area contributed by atoms with E-state index in [1.807, 2.05) is 42.5 Å². The average Bonchev–Trinajstić information content (AvgIpc) is 2.86. The third kappa shape index (κ3) is 2.12. The van der Waals surface area contributed by atoms with Gasteiger partial charge in [0.1, 0.15) is 12.0 Å². The highest BCUT2D eigenvalue weighted by molar-refractivity contribution is 6.06. The van der Waals surface area contributed by atoms with E-state index in [0.29, 0.717) is 0 Å². The van der Waals surface area contributed by atoms with Crippen LogP contribution in [0.1, 0.15) is 12.0 Å². The van der Waals surface area contributed by atoms with Crippen LogP contribution >= 0.6 is 0 Å². The van der Waals surface area contributed by atoms with Crippen LogP contribution < -0.4 is 0 Å². The normalized spacial score (nSPS) is 10.2. The van der Waals surface area contributed by atoms with E-state index in [4.69, 9.17) is 4.42 Å². The Hall–Kier alpha value is -2.73. The van der Waals surface area contributed by atoms with Crippen LogP contribution in [-0.4, -0.2) is 13.1 Å². The van der Waals surface area contributed by atoms with E-state index in [1.54, 1.807) is 0 Å². The number of esters is 1. The minimum Gasteiger partial charge on any atom is -0.468 e. The van der Waals surface area contributed by atoms with Gasteiger partial charge in [-0.25, -0.2) is 0 Å². The van der Waals surface area contributed by atoms with Crippen LogP contribution in [0.15, 0.2) is 46.9 Å². The molecule has 0 fully saturated rings. The topological polar surface area (TPSA) is 39.4 Å². The van der Waals surface area contributed by atoms with Crippen molar-refractivity contribution < 1.29 is 13.9 Å². The fourth-order valence-electron chi connectivity index (χ4n) is 2.13. The maximum Gasteiger partial charge on any atom is 0.317 e. The first-order valence-corrected chi connectivity index (χ1v) is 6.25. The zero-order chi connectivity index (χ0) is 13.9. The molecule has 3 aromatic rings. The number of benzene rings is 2. The Morgan fingerprint density at radius 2 is 1.95 bits per heavy atom. The molecule has 2 aromatic carbocycles. The molecule has 0 radical (unpaired) electrons. The Bertz CT molecular complexity index is 847. The standard InChI is InChI=1S/C17H12O3/c1-19-16(18)11-5-7-12-6-4-9-14-13-8-2-3-10-15(13)20-17(12)14/h2-4,6,8-10H,11H2,1H3. The van der Waals surface area contributed by atoms with Gasteiger partial charge in [-0.3, -0.25) is 4.79 Å². The second-order valence-corrected chi connectivity index (χ2v) is 4.34. The second-order valence-electron chi connectivity index (χ2n) is 4.34. The van der Waals surface area contributed by atoms with Gasteiger partial charge in [-0.2, -0.15) is 0 Å². The molecule has 0 aliphatic carbocycles. The molecule has 0 saturated carbocycles. The van der Waals surface area contributed by atoms with Gasteiger partial charge in [-0.1, -0.05) is 42.2 Å². The number of hydrogen-bond acceptors (Lipinski definition) is 3. The lowest BCUT2D eigenvalue weighted by Gasteiger charge is -1.93. The molecule has 1 aromatic heterocycles. The van der Waals surface area contributed by atoms with E-state index >= 15 is 0 Å². The van der Waals surface area contributed by atoms with Gasteiger partial charge in [0.25, 0.3) is 0 Å². The first-order valence-electron chi connectivity index (χ1n) is 6.25. The van der Waals surface area contributed by atoms with Crippen molar-refractivity contribution in [2.75, 3.05) is 7.11 Å². The number of ether oxygens (including phenoxy) is 1. The highest BCUT2D eigenvalue weighted by atomic mass is 16.5. The molecule has 0 unspecified atom stereocenters. The summed E-state index contributed by atoms with van der Waals surface area (Å²) in [5.74, 6) is 5.43. The molecule has 0 aliphatic rings. The molecular weight excluding hydrogens is 252 g/mol. The Morgan fingerprint density at radius 3 is 2.80 bits per heavy atom. The molecule has 0 saturated heterocycles. The Morgan fingerprint density at radius 1 is 1.15 bits per heavy atom. The van der Waals surface area contributed by atoms with Crippen LogP contribution in [-0.2, 0) is 9.53 Å². The van der Waals surface area contributed by atoms with Gasteiger partial charge in [0.15, 0.2) is 5.58 Å². The molecule has 3 rings (SSSR count). The van der Waals surface area contributed by atoms with Crippen LogP contribution in [0.3, 0.4) is 0 Å². The molecule has 0 bridgehead atoms. The largest absolute Gasteiger partial charge is 0.468 e. The van der Waals surface area contributed by atoms with Crippen molar-refractivity contribution in [2.24, 2.45) is 0 Å². The third-order valence-electron chi connectivity index (χ3n) is 3.09. The number of carbonyl (C=O) groups excluding carboxylic acids is 1. The van der Waals surface area contributed by atoms with Crippen molar-refractivity contribution in [1.29, 1.82) is 0 Å². The zero-order valence-electron chi connectivity index (χ0n) is 11.0. The number of furan rings is 1. The van der Waals surface area contributed by atoms with Gasteiger partial charge in [-0.15, -0.1) is 0 Å². The molecule has 20 heavy (non-hydrogen) atoms. The van der Waals surface area contributed by atoms with Crippen molar-refractivity contribution in [3.05, 3.63) is 48.0 Å². The Balaban J connectivity index is 2.10. The number of fused-ring (bicyclic) bond motifs is 3. The predicted molar refractivity (Wildman–Crippen MR) is 77.2 cm³/mol. The minimum absolute atomic E-state index is 0.0765. The Kier molecular flexibility index (Phi) is 3.14. The lowest BCUT2D eigenvalue weighted by Crippen LogP contribution is -1.96. The molecule has 98 valence electrons. The van der Waals surface area contributed by atoms with E-state index in [-0.39, 0.29) is 12.4 Å². The lowest BCUT2D eigenvalue weighted by molar-refractivity contribution is -0.139. The summed E-state index contributed by atoms with van der Waals surface area (Å²) in [6.45, 7) is 0.